The number of hydrogen-bond acceptors (Lipinski definition) is 6. The number of hydrogen-bond donors (Lipinski definition) is 1. The fourth-order valence-electron chi connectivity index (χ4n) is 3.13. The van der Waals surface area contributed by atoms with Crippen LogP contribution in [0.15, 0.2) is 52.8 Å². The lowest BCUT2D eigenvalue weighted by atomic mass is 10.1. The summed E-state index contributed by atoms with van der Waals surface area (Å²) in [5, 5.41) is 12.6. The van der Waals surface area contributed by atoms with Crippen LogP contribution in [-0.2, 0) is 14.4 Å². The van der Waals surface area contributed by atoms with E-state index >= 15 is 0 Å². The Balaban J connectivity index is 1.50. The predicted molar refractivity (Wildman–Crippen MR) is 108 cm³/mol. The van der Waals surface area contributed by atoms with Gasteiger partial charge in [-0.25, -0.2) is 4.90 Å². The summed E-state index contributed by atoms with van der Waals surface area (Å²) in [6, 6.07) is 8.96. The van der Waals surface area contributed by atoms with Crippen LogP contribution < -0.4 is 10.2 Å². The largest absolute Gasteiger partial charge is 0.324 e. The van der Waals surface area contributed by atoms with Crippen LogP contribution >= 0.6 is 34.8 Å². The third-order valence-corrected chi connectivity index (χ3v) is 5.23. The minimum Gasteiger partial charge on any atom is -0.324 e. The predicted octanol–water partition coefficient (Wildman–Crippen LogP) is 3.58. The van der Waals surface area contributed by atoms with E-state index in [9.17, 15) is 14.4 Å². The fourth-order valence-corrected chi connectivity index (χ4v) is 3.75. The number of carbonyl (C=O) groups is 3. The topological polar surface area (TPSA) is 94.4 Å². The number of amides is 3. The van der Waals surface area contributed by atoms with E-state index in [0.717, 1.165) is 4.90 Å². The smallest absolute Gasteiger partial charge is 0.263 e. The van der Waals surface area contributed by atoms with Crippen LogP contribution in [0.4, 0.5) is 11.4 Å². The fraction of sp³-hybridized carbons (Fsp3) is 0.167. The van der Waals surface area contributed by atoms with Gasteiger partial charge in [0.05, 0.1) is 10.7 Å². The Morgan fingerprint density at radius 3 is 2.38 bits per heavy atom. The molecular formula is C18H12Cl3N5O3. The third-order valence-electron chi connectivity index (χ3n) is 4.44. The zero-order chi connectivity index (χ0) is 20.7. The molecule has 11 heteroatoms. The van der Waals surface area contributed by atoms with Crippen molar-refractivity contribution in [2.45, 2.75) is 12.1 Å². The number of nitrogens with one attached hydrogen (secondary N) is 1. The van der Waals surface area contributed by atoms with Crippen LogP contribution in [0.1, 0.15) is 0 Å². The van der Waals surface area contributed by atoms with Gasteiger partial charge in [-0.2, -0.15) is 5.11 Å². The van der Waals surface area contributed by atoms with Crippen molar-refractivity contribution in [1.82, 2.24) is 5.01 Å². The summed E-state index contributed by atoms with van der Waals surface area (Å²) in [4.78, 5) is 38.9. The molecule has 2 atom stereocenters. The van der Waals surface area contributed by atoms with Crippen LogP contribution in [0.2, 0.25) is 15.1 Å². The molecule has 0 aliphatic carbocycles. The van der Waals surface area contributed by atoms with Gasteiger partial charge in [0.2, 0.25) is 5.91 Å². The first kappa shape index (κ1) is 19.6. The molecule has 0 bridgehead atoms. The van der Waals surface area contributed by atoms with E-state index < -0.39 is 29.8 Å². The van der Waals surface area contributed by atoms with Crippen LogP contribution in [0.25, 0.3) is 0 Å². The molecule has 8 nitrogen and oxygen atoms in total. The number of rotatable bonds is 4. The van der Waals surface area contributed by atoms with Crippen molar-refractivity contribution in [3.8, 4) is 0 Å². The average Bonchev–Trinajstić information content (AvgIpc) is 3.18. The lowest BCUT2D eigenvalue weighted by Crippen LogP contribution is -2.43. The molecule has 0 saturated carbocycles. The van der Waals surface area contributed by atoms with Crippen LogP contribution in [0, 0.1) is 0 Å². The van der Waals surface area contributed by atoms with Crippen molar-refractivity contribution in [3.63, 3.8) is 0 Å². The summed E-state index contributed by atoms with van der Waals surface area (Å²) in [5.41, 5.74) is 0.747. The van der Waals surface area contributed by atoms with Gasteiger partial charge in [-0.3, -0.25) is 19.4 Å². The first-order valence-electron chi connectivity index (χ1n) is 8.41. The van der Waals surface area contributed by atoms with Crippen molar-refractivity contribution in [1.29, 1.82) is 0 Å². The van der Waals surface area contributed by atoms with E-state index in [2.05, 4.69) is 15.7 Å². The van der Waals surface area contributed by atoms with Gasteiger partial charge in [0.25, 0.3) is 11.8 Å². The molecule has 4 rings (SSSR count). The molecule has 2 aliphatic rings. The van der Waals surface area contributed by atoms with Gasteiger partial charge in [-0.05, 0) is 42.5 Å². The quantitative estimate of drug-likeness (QED) is 0.717. The minimum atomic E-state index is -1.03. The van der Waals surface area contributed by atoms with Gasteiger partial charge >= 0.3 is 0 Å². The maximum Gasteiger partial charge on any atom is 0.263 e. The Morgan fingerprint density at radius 1 is 1.00 bits per heavy atom. The lowest BCUT2D eigenvalue weighted by Gasteiger charge is -2.20. The van der Waals surface area contributed by atoms with Crippen molar-refractivity contribution < 1.29 is 14.4 Å². The Morgan fingerprint density at radius 2 is 1.69 bits per heavy atom. The molecule has 29 heavy (non-hydrogen) atoms. The molecule has 2 aromatic rings. The molecule has 1 fully saturated rings. The second-order valence-corrected chi connectivity index (χ2v) is 7.63. The summed E-state index contributed by atoms with van der Waals surface area (Å²) in [6.07, 6.45) is 0. The second-order valence-electron chi connectivity index (χ2n) is 6.35. The molecule has 3 amide bonds. The van der Waals surface area contributed by atoms with Crippen LogP contribution in [-0.4, -0.2) is 41.4 Å². The molecule has 0 aromatic heterocycles. The number of imide groups is 1. The summed E-state index contributed by atoms with van der Waals surface area (Å²) in [5.74, 6) is -1.54. The normalized spacial score (nSPS) is 20.4. The van der Waals surface area contributed by atoms with E-state index in [1.807, 2.05) is 0 Å². The summed E-state index contributed by atoms with van der Waals surface area (Å²) >= 11 is 17.8. The standard InChI is InChI=1S/C18H12Cl3N5O3/c19-9-1-4-11(5-2-9)22-14(27)8-25-16-15(23-24-25)17(28)26(18(16)29)13-6-3-10(20)7-12(13)21/h1-7,15-16H,8H2,(H,22,27). The molecule has 1 saturated heterocycles. The van der Waals surface area contributed by atoms with Crippen LogP contribution in [0.5, 0.6) is 0 Å². The molecular weight excluding hydrogens is 441 g/mol. The third kappa shape index (κ3) is 3.66. The highest BCUT2D eigenvalue weighted by atomic mass is 35.5. The maximum absolute atomic E-state index is 12.9. The average molecular weight is 453 g/mol. The van der Waals surface area contributed by atoms with E-state index in [1.54, 1.807) is 24.3 Å². The molecule has 0 spiro atoms. The summed E-state index contributed by atoms with van der Waals surface area (Å²) < 4.78 is 0. The number of nitrogens with zero attached hydrogens (tertiary/aromatic N) is 4. The minimum absolute atomic E-state index is 0.156. The zero-order valence-corrected chi connectivity index (χ0v) is 16.8. The number of halogens is 3. The monoisotopic (exact) mass is 451 g/mol. The maximum atomic E-state index is 12.9. The summed E-state index contributed by atoms with van der Waals surface area (Å²) in [7, 11) is 0. The Kier molecular flexibility index (Phi) is 5.16. The lowest BCUT2D eigenvalue weighted by molar-refractivity contribution is -0.123. The highest BCUT2D eigenvalue weighted by molar-refractivity contribution is 6.38. The Bertz CT molecular complexity index is 1040. The van der Waals surface area contributed by atoms with Gasteiger partial charge in [-0.1, -0.05) is 40.0 Å². The number of fused-ring (bicyclic) bond motifs is 1. The van der Waals surface area contributed by atoms with Gasteiger partial charge in [0.1, 0.15) is 6.54 Å². The first-order chi connectivity index (χ1) is 13.8. The summed E-state index contributed by atoms with van der Waals surface area (Å²) in [6.45, 7) is -0.255. The van der Waals surface area contributed by atoms with Gasteiger partial charge < -0.3 is 5.32 Å². The SMILES string of the molecule is O=C(CN1N=NC2C(=O)N(c3ccc(Cl)cc3Cl)C(=O)C21)Nc1ccc(Cl)cc1. The van der Waals surface area contributed by atoms with Gasteiger partial charge in [0.15, 0.2) is 12.1 Å². The highest BCUT2D eigenvalue weighted by Crippen LogP contribution is 2.36. The molecule has 2 aromatic carbocycles. The van der Waals surface area contributed by atoms with Gasteiger partial charge in [-0.15, -0.1) is 0 Å². The molecule has 1 N–H and O–H groups in total. The van der Waals surface area contributed by atoms with Crippen molar-refractivity contribution in [3.05, 3.63) is 57.5 Å². The first-order valence-corrected chi connectivity index (χ1v) is 9.54. The molecule has 2 heterocycles. The Hall–Kier alpha value is -2.68. The molecule has 2 unspecified atom stereocenters. The van der Waals surface area contributed by atoms with Crippen molar-refractivity contribution in [2.75, 3.05) is 16.8 Å². The number of benzene rings is 2. The Labute approximate surface area is 180 Å². The van der Waals surface area contributed by atoms with E-state index in [4.69, 9.17) is 34.8 Å². The number of carbonyl (C=O) groups excluding carboxylic acids is 3. The molecule has 2 aliphatic heterocycles. The highest BCUT2D eigenvalue weighted by Gasteiger charge is 2.55. The second kappa shape index (κ2) is 7.62. The van der Waals surface area contributed by atoms with E-state index in [1.165, 1.54) is 23.2 Å². The van der Waals surface area contributed by atoms with Crippen molar-refractivity contribution in [2.24, 2.45) is 10.3 Å². The zero-order valence-electron chi connectivity index (χ0n) is 14.6. The number of anilines is 2. The van der Waals surface area contributed by atoms with Crippen molar-refractivity contribution >= 4 is 63.9 Å². The molecule has 148 valence electrons. The molecule has 0 radical (unpaired) electrons. The van der Waals surface area contributed by atoms with E-state index in [0.29, 0.717) is 15.7 Å². The van der Waals surface area contributed by atoms with Crippen LogP contribution in [0.3, 0.4) is 0 Å². The van der Waals surface area contributed by atoms with E-state index in [-0.39, 0.29) is 17.3 Å². The van der Waals surface area contributed by atoms with Gasteiger partial charge in [0, 0.05) is 15.7 Å².